The van der Waals surface area contributed by atoms with Crippen LogP contribution in [0.15, 0.2) is 29.2 Å². The lowest BCUT2D eigenvalue weighted by Crippen LogP contribution is -2.43. The summed E-state index contributed by atoms with van der Waals surface area (Å²) in [5.41, 5.74) is 2.72. The van der Waals surface area contributed by atoms with E-state index in [1.807, 2.05) is 0 Å². The van der Waals surface area contributed by atoms with Crippen LogP contribution < -0.4 is 10.9 Å². The summed E-state index contributed by atoms with van der Waals surface area (Å²) in [7, 11) is -3.16. The largest absolute Gasteiger partial charge is 0.293 e. The highest BCUT2D eigenvalue weighted by Crippen LogP contribution is 2.25. The van der Waals surface area contributed by atoms with Crippen LogP contribution in [0.25, 0.3) is 0 Å². The van der Waals surface area contributed by atoms with Crippen molar-refractivity contribution in [1.82, 2.24) is 10.9 Å². The van der Waals surface area contributed by atoms with Crippen molar-refractivity contribution in [3.63, 3.8) is 0 Å². The molecule has 1 aliphatic rings. The minimum atomic E-state index is -3.16. The molecule has 0 spiro atoms. The Morgan fingerprint density at radius 1 is 1.28 bits per heavy atom. The van der Waals surface area contributed by atoms with Gasteiger partial charge >= 0.3 is 0 Å². The topological polar surface area (TPSA) is 58.2 Å². The Bertz CT molecular complexity index is 501. The van der Waals surface area contributed by atoms with E-state index in [1.54, 1.807) is 29.8 Å². The molecule has 0 amide bonds. The number of nitrogens with one attached hydrogen (secondary N) is 2. The second kappa shape index (κ2) is 5.34. The van der Waals surface area contributed by atoms with Crippen LogP contribution in [0.5, 0.6) is 0 Å². The van der Waals surface area contributed by atoms with E-state index in [4.69, 9.17) is 0 Å². The van der Waals surface area contributed by atoms with Gasteiger partial charge in [-0.25, -0.2) is 8.42 Å². The normalized spacial score (nSPS) is 25.0. The van der Waals surface area contributed by atoms with Gasteiger partial charge in [-0.15, -0.1) is 10.0 Å². The lowest BCUT2D eigenvalue weighted by Gasteiger charge is -2.29. The van der Waals surface area contributed by atoms with E-state index in [1.165, 1.54) is 6.26 Å². The summed E-state index contributed by atoms with van der Waals surface area (Å²) in [6.07, 6.45) is 3.49. The Hall–Kier alpha value is -0.980. The molecule has 1 fully saturated rings. The number of hydrogen-bond donors (Lipinski definition) is 2. The van der Waals surface area contributed by atoms with Gasteiger partial charge in [-0.3, -0.25) is 5.32 Å². The maximum Gasteiger partial charge on any atom is 0.175 e. The summed E-state index contributed by atoms with van der Waals surface area (Å²) < 4.78 is 35.1. The van der Waals surface area contributed by atoms with Gasteiger partial charge in [0.25, 0.3) is 0 Å². The van der Waals surface area contributed by atoms with E-state index >= 15 is 0 Å². The molecule has 1 heterocycles. The van der Waals surface area contributed by atoms with Gasteiger partial charge in [0.15, 0.2) is 9.84 Å². The van der Waals surface area contributed by atoms with Gasteiger partial charge in [-0.1, -0.05) is 12.1 Å². The third-order valence-corrected chi connectivity index (χ3v) is 4.36. The molecule has 100 valence electrons. The minimum absolute atomic E-state index is 0.0700. The fourth-order valence-corrected chi connectivity index (χ4v) is 2.86. The molecule has 1 aromatic rings. The van der Waals surface area contributed by atoms with Crippen LogP contribution in [-0.2, 0) is 9.84 Å². The number of piperidine rings is 1. The molecule has 1 aliphatic heterocycles. The summed E-state index contributed by atoms with van der Waals surface area (Å²) in [5, 5.41) is 3.14. The molecule has 18 heavy (non-hydrogen) atoms. The highest BCUT2D eigenvalue weighted by Gasteiger charge is 2.22. The second-order valence-corrected chi connectivity index (χ2v) is 6.67. The van der Waals surface area contributed by atoms with Crippen LogP contribution in [-0.4, -0.2) is 20.8 Å². The Labute approximate surface area is 106 Å². The van der Waals surface area contributed by atoms with Gasteiger partial charge < -0.3 is 0 Å². The smallest absolute Gasteiger partial charge is 0.175 e. The van der Waals surface area contributed by atoms with Crippen molar-refractivity contribution in [2.75, 3.05) is 6.26 Å². The van der Waals surface area contributed by atoms with Crippen LogP contribution in [0.1, 0.15) is 30.9 Å². The SMILES string of the molecule is CS(=O)(=O)c1ccc(C2CCCC(NF)N2)cc1. The van der Waals surface area contributed by atoms with E-state index in [0.717, 1.165) is 24.8 Å². The third kappa shape index (κ3) is 3.07. The zero-order chi connectivity index (χ0) is 13.2. The quantitative estimate of drug-likeness (QED) is 0.822. The molecule has 1 saturated heterocycles. The lowest BCUT2D eigenvalue weighted by molar-refractivity contribution is 0.181. The zero-order valence-electron chi connectivity index (χ0n) is 10.2. The van der Waals surface area contributed by atoms with Crippen molar-refractivity contribution in [1.29, 1.82) is 0 Å². The molecular weight excluding hydrogens is 255 g/mol. The van der Waals surface area contributed by atoms with E-state index in [-0.39, 0.29) is 12.2 Å². The number of sulfone groups is 1. The van der Waals surface area contributed by atoms with E-state index in [2.05, 4.69) is 5.32 Å². The summed E-state index contributed by atoms with van der Waals surface area (Å²) in [6, 6.07) is 6.83. The van der Waals surface area contributed by atoms with E-state index in [0.29, 0.717) is 4.90 Å². The van der Waals surface area contributed by atoms with E-state index < -0.39 is 9.84 Å². The summed E-state index contributed by atoms with van der Waals surface area (Å²) in [4.78, 5) is 0.308. The van der Waals surface area contributed by atoms with Crippen molar-refractivity contribution >= 4 is 9.84 Å². The Morgan fingerprint density at radius 3 is 2.50 bits per heavy atom. The number of hydrogen-bond acceptors (Lipinski definition) is 4. The molecule has 1 aromatic carbocycles. The molecule has 0 bridgehead atoms. The molecular formula is C12H17FN2O2S. The standard InChI is InChI=1S/C12H17FN2O2S/c1-18(16,17)10-7-5-9(6-8-10)11-3-2-4-12(14-11)15-13/h5-8,11-12,14-15H,2-4H2,1H3. The van der Waals surface area contributed by atoms with Crippen molar-refractivity contribution in [2.45, 2.75) is 36.4 Å². The van der Waals surface area contributed by atoms with Crippen molar-refractivity contribution in [2.24, 2.45) is 0 Å². The van der Waals surface area contributed by atoms with Crippen LogP contribution in [0.2, 0.25) is 0 Å². The predicted molar refractivity (Wildman–Crippen MR) is 67.3 cm³/mol. The monoisotopic (exact) mass is 272 g/mol. The Balaban J connectivity index is 2.14. The molecule has 2 atom stereocenters. The molecule has 6 heteroatoms. The molecule has 0 radical (unpaired) electrons. The molecule has 0 saturated carbocycles. The summed E-state index contributed by atoms with van der Waals surface area (Å²) in [6.45, 7) is 0. The van der Waals surface area contributed by atoms with Crippen LogP contribution >= 0.6 is 0 Å². The highest BCUT2D eigenvalue weighted by molar-refractivity contribution is 7.90. The molecule has 2 unspecified atom stereocenters. The first-order valence-electron chi connectivity index (χ1n) is 5.93. The molecule has 4 nitrogen and oxygen atoms in total. The zero-order valence-corrected chi connectivity index (χ0v) is 11.0. The van der Waals surface area contributed by atoms with Gasteiger partial charge in [0, 0.05) is 12.3 Å². The fraction of sp³-hybridized carbons (Fsp3) is 0.500. The Kier molecular flexibility index (Phi) is 3.99. The number of benzene rings is 1. The first-order chi connectivity index (χ1) is 8.50. The average Bonchev–Trinajstić information content (AvgIpc) is 2.38. The first kappa shape index (κ1) is 13.5. The van der Waals surface area contributed by atoms with Gasteiger partial charge in [-0.05, 0) is 37.0 Å². The lowest BCUT2D eigenvalue weighted by atomic mass is 9.96. The van der Waals surface area contributed by atoms with Gasteiger partial charge in [-0.2, -0.15) is 0 Å². The number of rotatable bonds is 3. The molecule has 2 rings (SSSR count). The van der Waals surface area contributed by atoms with Crippen LogP contribution in [0.4, 0.5) is 4.48 Å². The van der Waals surface area contributed by atoms with Gasteiger partial charge in [0.05, 0.1) is 11.1 Å². The second-order valence-electron chi connectivity index (χ2n) is 4.65. The van der Waals surface area contributed by atoms with Gasteiger partial charge in [0.1, 0.15) is 0 Å². The molecule has 0 aliphatic carbocycles. The van der Waals surface area contributed by atoms with Gasteiger partial charge in [0.2, 0.25) is 0 Å². The summed E-state index contributed by atoms with van der Waals surface area (Å²) in [5.74, 6) is 0. The Morgan fingerprint density at radius 2 is 1.94 bits per heavy atom. The minimum Gasteiger partial charge on any atom is -0.293 e. The van der Waals surface area contributed by atoms with Crippen LogP contribution in [0, 0.1) is 0 Å². The van der Waals surface area contributed by atoms with Crippen LogP contribution in [0.3, 0.4) is 0 Å². The number of halogens is 1. The van der Waals surface area contributed by atoms with E-state index in [9.17, 15) is 12.9 Å². The fourth-order valence-electron chi connectivity index (χ4n) is 2.23. The maximum absolute atomic E-state index is 12.4. The average molecular weight is 272 g/mol. The van der Waals surface area contributed by atoms with Crippen molar-refractivity contribution in [3.05, 3.63) is 29.8 Å². The van der Waals surface area contributed by atoms with Crippen molar-refractivity contribution < 1.29 is 12.9 Å². The third-order valence-electron chi connectivity index (χ3n) is 3.23. The first-order valence-corrected chi connectivity index (χ1v) is 7.82. The molecule has 2 N–H and O–H groups in total. The molecule has 0 aromatic heterocycles. The predicted octanol–water partition coefficient (Wildman–Crippen LogP) is 1.70. The maximum atomic E-state index is 12.4. The van der Waals surface area contributed by atoms with Crippen molar-refractivity contribution in [3.8, 4) is 0 Å². The highest BCUT2D eigenvalue weighted by atomic mass is 32.2. The summed E-state index contributed by atoms with van der Waals surface area (Å²) >= 11 is 0.